The van der Waals surface area contributed by atoms with Crippen molar-refractivity contribution in [2.75, 3.05) is 24.5 Å². The van der Waals surface area contributed by atoms with Crippen LogP contribution < -0.4 is 4.90 Å². The Morgan fingerprint density at radius 2 is 1.79 bits per heavy atom. The number of aryl methyl sites for hydroxylation is 1. The van der Waals surface area contributed by atoms with E-state index >= 15 is 0 Å². The quantitative estimate of drug-likeness (QED) is 0.798. The van der Waals surface area contributed by atoms with Gasteiger partial charge in [-0.1, -0.05) is 6.07 Å². The highest BCUT2D eigenvalue weighted by Gasteiger charge is 2.33. The number of fused-ring (bicyclic) bond motifs is 1. The normalized spacial score (nSPS) is 21.9. The van der Waals surface area contributed by atoms with Gasteiger partial charge in [-0.25, -0.2) is 9.97 Å². The number of pyridine rings is 1. The third-order valence-corrected chi connectivity index (χ3v) is 6.60. The first-order valence-corrected chi connectivity index (χ1v) is 11.2. The van der Waals surface area contributed by atoms with E-state index in [9.17, 15) is 4.79 Å². The van der Waals surface area contributed by atoms with E-state index in [0.29, 0.717) is 5.69 Å². The molecule has 0 spiro atoms. The molecule has 0 aromatic carbocycles. The summed E-state index contributed by atoms with van der Waals surface area (Å²) >= 11 is 0. The minimum absolute atomic E-state index is 0.0829. The van der Waals surface area contributed by atoms with Gasteiger partial charge in [0.25, 0.3) is 5.91 Å². The fourth-order valence-electron chi connectivity index (χ4n) is 5.05. The van der Waals surface area contributed by atoms with Gasteiger partial charge < -0.3 is 9.80 Å². The van der Waals surface area contributed by atoms with Crippen LogP contribution in [0, 0.1) is 0 Å². The number of aromatic nitrogens is 3. The molecule has 29 heavy (non-hydrogen) atoms. The molecule has 2 aromatic rings. The summed E-state index contributed by atoms with van der Waals surface area (Å²) in [7, 11) is 0. The van der Waals surface area contributed by atoms with Gasteiger partial charge in [-0.2, -0.15) is 0 Å². The molecule has 0 N–H and O–H groups in total. The molecule has 0 bridgehead atoms. The Morgan fingerprint density at radius 1 is 0.966 bits per heavy atom. The number of likely N-dealkylation sites (tertiary alicyclic amines) is 1. The molecular weight excluding hydrogens is 362 g/mol. The number of anilines is 1. The minimum atomic E-state index is 0.0829. The molecule has 1 amide bonds. The summed E-state index contributed by atoms with van der Waals surface area (Å²) in [6.07, 6.45) is 13.4. The standard InChI is InChI=1S/C23H29N5O/c29-22(28-15-4-3-11-20(28)17-8-7-12-24-16-17)21-18-9-1-2-10-19(18)25-23(26-21)27-13-5-6-14-27/h7-8,12,16,20H,1-6,9-11,13-15H2/t20-/m1/s1. The number of piperidine rings is 1. The van der Waals surface area contributed by atoms with Crippen LogP contribution in [-0.4, -0.2) is 45.4 Å². The number of amides is 1. The summed E-state index contributed by atoms with van der Waals surface area (Å²) in [5.74, 6) is 0.848. The number of hydrogen-bond acceptors (Lipinski definition) is 5. The van der Waals surface area contributed by atoms with Crippen molar-refractivity contribution in [3.8, 4) is 0 Å². The molecular formula is C23H29N5O. The van der Waals surface area contributed by atoms with E-state index in [2.05, 4.69) is 16.0 Å². The van der Waals surface area contributed by atoms with E-state index in [4.69, 9.17) is 9.97 Å². The molecule has 0 saturated carbocycles. The molecule has 0 unspecified atom stereocenters. The minimum Gasteiger partial charge on any atom is -0.341 e. The Hall–Kier alpha value is -2.50. The Bertz CT molecular complexity index is 878. The van der Waals surface area contributed by atoms with Crippen molar-refractivity contribution >= 4 is 11.9 Å². The van der Waals surface area contributed by atoms with Gasteiger partial charge in [0.2, 0.25) is 5.95 Å². The van der Waals surface area contributed by atoms with E-state index < -0.39 is 0 Å². The largest absolute Gasteiger partial charge is 0.341 e. The van der Waals surface area contributed by atoms with Gasteiger partial charge in [0.1, 0.15) is 5.69 Å². The van der Waals surface area contributed by atoms with Crippen molar-refractivity contribution in [3.05, 3.63) is 47.0 Å². The first-order chi connectivity index (χ1) is 14.3. The van der Waals surface area contributed by atoms with Crippen LogP contribution in [0.4, 0.5) is 5.95 Å². The lowest BCUT2D eigenvalue weighted by Gasteiger charge is -2.36. The summed E-state index contributed by atoms with van der Waals surface area (Å²) in [5, 5.41) is 0. The Kier molecular flexibility index (Phi) is 5.17. The van der Waals surface area contributed by atoms with Gasteiger partial charge in [0.15, 0.2) is 0 Å². The second-order valence-electron chi connectivity index (χ2n) is 8.50. The predicted molar refractivity (Wildman–Crippen MR) is 112 cm³/mol. The number of carbonyl (C=O) groups is 1. The lowest BCUT2D eigenvalue weighted by molar-refractivity contribution is 0.0603. The van der Waals surface area contributed by atoms with Crippen molar-refractivity contribution in [1.82, 2.24) is 19.9 Å². The van der Waals surface area contributed by atoms with Gasteiger partial charge in [0, 0.05) is 43.3 Å². The highest BCUT2D eigenvalue weighted by molar-refractivity contribution is 5.94. The van der Waals surface area contributed by atoms with E-state index in [0.717, 1.165) is 87.3 Å². The summed E-state index contributed by atoms with van der Waals surface area (Å²) in [5.41, 5.74) is 3.99. The van der Waals surface area contributed by atoms with Crippen LogP contribution in [0.15, 0.2) is 24.5 Å². The maximum Gasteiger partial charge on any atom is 0.273 e. The molecule has 3 aliphatic rings. The first kappa shape index (κ1) is 18.5. The van der Waals surface area contributed by atoms with Crippen molar-refractivity contribution in [3.63, 3.8) is 0 Å². The Balaban J connectivity index is 1.53. The lowest BCUT2D eigenvalue weighted by Crippen LogP contribution is -2.40. The molecule has 5 rings (SSSR count). The summed E-state index contributed by atoms with van der Waals surface area (Å²) in [4.78, 5) is 32.2. The summed E-state index contributed by atoms with van der Waals surface area (Å²) in [6.45, 7) is 2.78. The summed E-state index contributed by atoms with van der Waals surface area (Å²) < 4.78 is 0. The zero-order valence-electron chi connectivity index (χ0n) is 17.0. The maximum atomic E-state index is 13.8. The summed E-state index contributed by atoms with van der Waals surface area (Å²) in [6, 6.07) is 4.15. The molecule has 2 fully saturated rings. The van der Waals surface area contributed by atoms with Crippen molar-refractivity contribution in [2.24, 2.45) is 0 Å². The van der Waals surface area contributed by atoms with Crippen LogP contribution in [-0.2, 0) is 12.8 Å². The number of carbonyl (C=O) groups excluding carboxylic acids is 1. The molecule has 1 atom stereocenters. The van der Waals surface area contributed by atoms with Crippen LogP contribution in [0.5, 0.6) is 0 Å². The predicted octanol–water partition coefficient (Wildman–Crippen LogP) is 3.72. The van der Waals surface area contributed by atoms with Gasteiger partial charge in [-0.3, -0.25) is 9.78 Å². The Morgan fingerprint density at radius 3 is 2.62 bits per heavy atom. The average molecular weight is 392 g/mol. The second kappa shape index (κ2) is 8.09. The molecule has 4 heterocycles. The van der Waals surface area contributed by atoms with E-state index in [-0.39, 0.29) is 11.9 Å². The fourth-order valence-corrected chi connectivity index (χ4v) is 5.05. The van der Waals surface area contributed by atoms with Gasteiger partial charge >= 0.3 is 0 Å². The van der Waals surface area contributed by atoms with Crippen LogP contribution >= 0.6 is 0 Å². The molecule has 1 aliphatic carbocycles. The zero-order chi connectivity index (χ0) is 19.6. The van der Waals surface area contributed by atoms with Crippen molar-refractivity contribution in [2.45, 2.75) is 63.8 Å². The molecule has 6 heteroatoms. The molecule has 0 radical (unpaired) electrons. The maximum absolute atomic E-state index is 13.8. The zero-order valence-corrected chi connectivity index (χ0v) is 17.0. The molecule has 6 nitrogen and oxygen atoms in total. The molecule has 2 aromatic heterocycles. The van der Waals surface area contributed by atoms with Gasteiger partial charge in [-0.15, -0.1) is 0 Å². The second-order valence-corrected chi connectivity index (χ2v) is 8.50. The Labute approximate surface area is 172 Å². The molecule has 152 valence electrons. The highest BCUT2D eigenvalue weighted by Crippen LogP contribution is 2.33. The fraction of sp³-hybridized carbons (Fsp3) is 0.565. The van der Waals surface area contributed by atoms with Crippen molar-refractivity contribution in [1.29, 1.82) is 0 Å². The van der Waals surface area contributed by atoms with Gasteiger partial charge in [0.05, 0.1) is 6.04 Å². The van der Waals surface area contributed by atoms with Crippen LogP contribution in [0.25, 0.3) is 0 Å². The monoisotopic (exact) mass is 391 g/mol. The van der Waals surface area contributed by atoms with Crippen molar-refractivity contribution < 1.29 is 4.79 Å². The number of rotatable bonds is 3. The van der Waals surface area contributed by atoms with Gasteiger partial charge in [-0.05, 0) is 69.4 Å². The smallest absolute Gasteiger partial charge is 0.273 e. The average Bonchev–Trinajstić information content (AvgIpc) is 3.33. The van der Waals surface area contributed by atoms with Crippen LogP contribution in [0.2, 0.25) is 0 Å². The van der Waals surface area contributed by atoms with E-state index in [1.165, 1.54) is 12.8 Å². The SMILES string of the molecule is O=C(c1nc(N2CCCC2)nc2c1CCCC2)N1CCCC[C@@H]1c1cccnc1. The van der Waals surface area contributed by atoms with E-state index in [1.807, 2.05) is 17.2 Å². The number of hydrogen-bond donors (Lipinski definition) is 0. The highest BCUT2D eigenvalue weighted by atomic mass is 16.2. The number of nitrogens with zero attached hydrogens (tertiary/aromatic N) is 5. The lowest BCUT2D eigenvalue weighted by atomic mass is 9.92. The molecule has 2 saturated heterocycles. The third-order valence-electron chi connectivity index (χ3n) is 6.60. The van der Waals surface area contributed by atoms with Crippen LogP contribution in [0.1, 0.15) is 78.3 Å². The van der Waals surface area contributed by atoms with Crippen LogP contribution in [0.3, 0.4) is 0 Å². The topological polar surface area (TPSA) is 62.2 Å². The first-order valence-electron chi connectivity index (χ1n) is 11.2. The molecule has 2 aliphatic heterocycles. The third kappa shape index (κ3) is 3.61. The van der Waals surface area contributed by atoms with E-state index in [1.54, 1.807) is 6.20 Å².